The van der Waals surface area contributed by atoms with Gasteiger partial charge in [-0.2, -0.15) is 0 Å². The third-order valence-electron chi connectivity index (χ3n) is 3.70. The Morgan fingerprint density at radius 1 is 1.09 bits per heavy atom. The maximum atomic E-state index is 6.25. The maximum absolute atomic E-state index is 6.25. The van der Waals surface area contributed by atoms with E-state index < -0.39 is 0 Å². The summed E-state index contributed by atoms with van der Waals surface area (Å²) in [6.45, 7) is 0.687. The summed E-state index contributed by atoms with van der Waals surface area (Å²) in [7, 11) is 2.01. The molecule has 1 atom stereocenters. The standard InChI is InChI=1S/C18H18ClN3/c1-22-12-11-20-18(22)17(14-7-3-2-4-8-14)21-13-15-9-5-6-10-16(15)19/h2-12,17,21H,13H2,1H3. The molecule has 2 aromatic carbocycles. The fourth-order valence-corrected chi connectivity index (χ4v) is 2.72. The van der Waals surface area contributed by atoms with Crippen LogP contribution in [0.25, 0.3) is 0 Å². The van der Waals surface area contributed by atoms with Crippen molar-refractivity contribution in [1.29, 1.82) is 0 Å². The molecule has 3 nitrogen and oxygen atoms in total. The quantitative estimate of drug-likeness (QED) is 0.773. The number of imidazole rings is 1. The van der Waals surface area contributed by atoms with Gasteiger partial charge in [-0.25, -0.2) is 4.98 Å². The fraction of sp³-hybridized carbons (Fsp3) is 0.167. The molecular formula is C18H18ClN3. The van der Waals surface area contributed by atoms with Gasteiger partial charge in [0.05, 0.1) is 6.04 Å². The first-order chi connectivity index (χ1) is 10.8. The number of hydrogen-bond donors (Lipinski definition) is 1. The predicted molar refractivity (Wildman–Crippen MR) is 89.8 cm³/mol. The molecule has 112 valence electrons. The minimum Gasteiger partial charge on any atom is -0.336 e. The summed E-state index contributed by atoms with van der Waals surface area (Å²) < 4.78 is 2.04. The molecule has 0 saturated heterocycles. The Morgan fingerprint density at radius 3 is 2.50 bits per heavy atom. The Labute approximate surface area is 135 Å². The predicted octanol–water partition coefficient (Wildman–Crippen LogP) is 3.95. The lowest BCUT2D eigenvalue weighted by molar-refractivity contribution is 0.558. The van der Waals surface area contributed by atoms with Crippen LogP contribution in [0.15, 0.2) is 67.0 Å². The zero-order valence-electron chi connectivity index (χ0n) is 12.4. The molecular weight excluding hydrogens is 294 g/mol. The van der Waals surface area contributed by atoms with Crippen LogP contribution >= 0.6 is 11.6 Å². The largest absolute Gasteiger partial charge is 0.336 e. The number of nitrogens with one attached hydrogen (secondary N) is 1. The maximum Gasteiger partial charge on any atom is 0.130 e. The Kier molecular flexibility index (Phi) is 4.56. The molecule has 0 amide bonds. The van der Waals surface area contributed by atoms with Crippen LogP contribution in [-0.4, -0.2) is 9.55 Å². The van der Waals surface area contributed by atoms with Gasteiger partial charge in [0.1, 0.15) is 5.82 Å². The Bertz CT molecular complexity index is 737. The van der Waals surface area contributed by atoms with Gasteiger partial charge in [-0.1, -0.05) is 60.1 Å². The molecule has 0 aliphatic carbocycles. The number of aromatic nitrogens is 2. The lowest BCUT2D eigenvalue weighted by atomic mass is 10.1. The second kappa shape index (κ2) is 6.77. The third-order valence-corrected chi connectivity index (χ3v) is 4.07. The molecule has 1 aromatic heterocycles. The summed E-state index contributed by atoms with van der Waals surface area (Å²) in [6, 6.07) is 18.3. The third kappa shape index (κ3) is 3.21. The van der Waals surface area contributed by atoms with Crippen molar-refractivity contribution in [3.05, 3.63) is 89.0 Å². The highest BCUT2D eigenvalue weighted by Gasteiger charge is 2.17. The van der Waals surface area contributed by atoms with Crippen LogP contribution in [0.5, 0.6) is 0 Å². The minimum atomic E-state index is 0.0254. The van der Waals surface area contributed by atoms with Crippen molar-refractivity contribution in [3.63, 3.8) is 0 Å². The zero-order valence-corrected chi connectivity index (χ0v) is 13.2. The molecule has 0 aliphatic rings. The second-order valence-electron chi connectivity index (χ2n) is 5.21. The van der Waals surface area contributed by atoms with Crippen molar-refractivity contribution >= 4 is 11.6 Å². The molecule has 0 bridgehead atoms. The highest BCUT2D eigenvalue weighted by Crippen LogP contribution is 2.22. The fourth-order valence-electron chi connectivity index (χ4n) is 2.51. The monoisotopic (exact) mass is 311 g/mol. The second-order valence-corrected chi connectivity index (χ2v) is 5.62. The SMILES string of the molecule is Cn1ccnc1C(NCc1ccccc1Cl)c1ccccc1. The molecule has 1 unspecified atom stereocenters. The molecule has 3 rings (SSSR count). The topological polar surface area (TPSA) is 29.9 Å². The lowest BCUT2D eigenvalue weighted by Gasteiger charge is -2.19. The number of rotatable bonds is 5. The Morgan fingerprint density at radius 2 is 1.82 bits per heavy atom. The molecule has 0 radical (unpaired) electrons. The van der Waals surface area contributed by atoms with Crippen LogP contribution < -0.4 is 5.32 Å². The first-order valence-corrected chi connectivity index (χ1v) is 7.62. The van der Waals surface area contributed by atoms with E-state index in [0.717, 1.165) is 16.4 Å². The van der Waals surface area contributed by atoms with Gasteiger partial charge in [-0.05, 0) is 17.2 Å². The van der Waals surface area contributed by atoms with Crippen molar-refractivity contribution in [3.8, 4) is 0 Å². The van der Waals surface area contributed by atoms with Gasteiger partial charge in [-0.15, -0.1) is 0 Å². The van der Waals surface area contributed by atoms with Crippen molar-refractivity contribution in [2.45, 2.75) is 12.6 Å². The van der Waals surface area contributed by atoms with Crippen LogP contribution in [0.2, 0.25) is 5.02 Å². The zero-order chi connectivity index (χ0) is 15.4. The van der Waals surface area contributed by atoms with Crippen LogP contribution in [0, 0.1) is 0 Å². The summed E-state index contributed by atoms with van der Waals surface area (Å²) in [6.07, 6.45) is 3.78. The Hall–Kier alpha value is -2.10. The smallest absolute Gasteiger partial charge is 0.130 e. The van der Waals surface area contributed by atoms with E-state index in [1.807, 2.05) is 66.5 Å². The van der Waals surface area contributed by atoms with Crippen LogP contribution in [0.3, 0.4) is 0 Å². The summed E-state index contributed by atoms with van der Waals surface area (Å²) in [5.74, 6) is 0.984. The van der Waals surface area contributed by atoms with Crippen LogP contribution in [-0.2, 0) is 13.6 Å². The molecule has 1 heterocycles. The molecule has 4 heteroatoms. The molecule has 0 spiro atoms. The van der Waals surface area contributed by atoms with Gasteiger partial charge in [0.15, 0.2) is 0 Å². The van der Waals surface area contributed by atoms with Gasteiger partial charge >= 0.3 is 0 Å². The lowest BCUT2D eigenvalue weighted by Crippen LogP contribution is -2.24. The number of hydrogen-bond acceptors (Lipinski definition) is 2. The highest BCUT2D eigenvalue weighted by atomic mass is 35.5. The van der Waals surface area contributed by atoms with Gasteiger partial charge in [-0.3, -0.25) is 5.32 Å². The summed E-state index contributed by atoms with van der Waals surface area (Å²) >= 11 is 6.25. The normalized spacial score (nSPS) is 12.3. The average Bonchev–Trinajstić information content (AvgIpc) is 2.96. The van der Waals surface area contributed by atoms with E-state index in [2.05, 4.69) is 22.4 Å². The van der Waals surface area contributed by atoms with Gasteiger partial charge in [0.25, 0.3) is 0 Å². The molecule has 3 aromatic rings. The van der Waals surface area contributed by atoms with Gasteiger partial charge < -0.3 is 4.57 Å². The molecule has 22 heavy (non-hydrogen) atoms. The molecule has 0 saturated carbocycles. The number of benzene rings is 2. The van der Waals surface area contributed by atoms with E-state index in [1.165, 1.54) is 5.56 Å². The minimum absolute atomic E-state index is 0.0254. The van der Waals surface area contributed by atoms with Crippen molar-refractivity contribution < 1.29 is 0 Å². The molecule has 1 N–H and O–H groups in total. The van der Waals surface area contributed by atoms with Crippen molar-refractivity contribution in [2.75, 3.05) is 0 Å². The summed E-state index contributed by atoms with van der Waals surface area (Å²) in [5.41, 5.74) is 2.27. The number of nitrogens with zero attached hydrogens (tertiary/aromatic N) is 2. The molecule has 0 fully saturated rings. The number of aryl methyl sites for hydroxylation is 1. The van der Waals surface area contributed by atoms with E-state index in [0.29, 0.717) is 6.54 Å². The van der Waals surface area contributed by atoms with Crippen molar-refractivity contribution in [2.24, 2.45) is 7.05 Å². The molecule has 0 aliphatic heterocycles. The van der Waals surface area contributed by atoms with E-state index in [-0.39, 0.29) is 6.04 Å². The van der Waals surface area contributed by atoms with E-state index in [4.69, 9.17) is 11.6 Å². The van der Waals surface area contributed by atoms with Crippen molar-refractivity contribution in [1.82, 2.24) is 14.9 Å². The van der Waals surface area contributed by atoms with Gasteiger partial charge in [0.2, 0.25) is 0 Å². The highest BCUT2D eigenvalue weighted by molar-refractivity contribution is 6.31. The van der Waals surface area contributed by atoms with Gasteiger partial charge in [0, 0.05) is 31.0 Å². The Balaban J connectivity index is 1.87. The van der Waals surface area contributed by atoms with E-state index in [1.54, 1.807) is 0 Å². The summed E-state index contributed by atoms with van der Waals surface area (Å²) in [4.78, 5) is 4.49. The van der Waals surface area contributed by atoms with Crippen LogP contribution in [0.4, 0.5) is 0 Å². The van der Waals surface area contributed by atoms with Crippen LogP contribution in [0.1, 0.15) is 23.0 Å². The van der Waals surface area contributed by atoms with E-state index >= 15 is 0 Å². The number of halogens is 1. The first kappa shape index (κ1) is 14.8. The first-order valence-electron chi connectivity index (χ1n) is 7.24. The average molecular weight is 312 g/mol. The summed E-state index contributed by atoms with van der Waals surface area (Å²) in [5, 5.41) is 4.35. The van der Waals surface area contributed by atoms with E-state index in [9.17, 15) is 0 Å².